The number of anilines is 1. The smallest absolute Gasteiger partial charge is 0.258 e. The summed E-state index contributed by atoms with van der Waals surface area (Å²) in [5.41, 5.74) is 4.65. The highest BCUT2D eigenvalue weighted by Gasteiger charge is 2.28. The lowest BCUT2D eigenvalue weighted by Crippen LogP contribution is -2.22. The molecule has 6 nitrogen and oxygen atoms in total. The Labute approximate surface area is 167 Å². The fourth-order valence-electron chi connectivity index (χ4n) is 3.60. The largest absolute Gasteiger partial charge is 0.497 e. The second-order valence-electron chi connectivity index (χ2n) is 6.82. The lowest BCUT2D eigenvalue weighted by atomic mass is 10.1. The Bertz CT molecular complexity index is 1220. The van der Waals surface area contributed by atoms with E-state index in [1.807, 2.05) is 54.6 Å². The predicted octanol–water partition coefficient (Wildman–Crippen LogP) is 4.67. The molecule has 2 heterocycles. The minimum Gasteiger partial charge on any atom is -0.497 e. The van der Waals surface area contributed by atoms with Crippen molar-refractivity contribution < 1.29 is 18.7 Å². The van der Waals surface area contributed by atoms with Crippen LogP contribution in [0.1, 0.15) is 15.9 Å². The van der Waals surface area contributed by atoms with Gasteiger partial charge in [0.2, 0.25) is 5.89 Å². The summed E-state index contributed by atoms with van der Waals surface area (Å²) in [4.78, 5) is 19.1. The first-order valence-electron chi connectivity index (χ1n) is 9.20. The summed E-state index contributed by atoms with van der Waals surface area (Å²) in [5.74, 6) is 1.78. The number of benzene rings is 3. The summed E-state index contributed by atoms with van der Waals surface area (Å²) < 4.78 is 16.6. The molecule has 0 radical (unpaired) electrons. The second-order valence-corrected chi connectivity index (χ2v) is 6.82. The van der Waals surface area contributed by atoms with Crippen molar-refractivity contribution in [3.05, 3.63) is 71.8 Å². The van der Waals surface area contributed by atoms with Crippen LogP contribution in [0.4, 0.5) is 5.69 Å². The predicted molar refractivity (Wildman–Crippen MR) is 110 cm³/mol. The maximum atomic E-state index is 12.8. The minimum absolute atomic E-state index is 0.00111. The number of methoxy groups -OCH3 is 2. The molecule has 0 aliphatic carbocycles. The normalized spacial score (nSPS) is 13.0. The number of fused-ring (bicyclic) bond motifs is 2. The summed E-state index contributed by atoms with van der Waals surface area (Å²) >= 11 is 0. The van der Waals surface area contributed by atoms with Crippen molar-refractivity contribution in [1.29, 1.82) is 0 Å². The molecule has 29 heavy (non-hydrogen) atoms. The quantitative estimate of drug-likeness (QED) is 0.510. The van der Waals surface area contributed by atoms with E-state index in [9.17, 15) is 4.79 Å². The number of hydrogen-bond acceptors (Lipinski definition) is 5. The molecule has 0 bridgehead atoms. The van der Waals surface area contributed by atoms with Crippen LogP contribution in [-0.4, -0.2) is 25.1 Å². The van der Waals surface area contributed by atoms with Crippen molar-refractivity contribution in [2.45, 2.75) is 6.54 Å². The third-order valence-electron chi connectivity index (χ3n) is 5.10. The molecule has 6 heteroatoms. The van der Waals surface area contributed by atoms with Gasteiger partial charge in [0.1, 0.15) is 17.0 Å². The molecule has 0 N–H and O–H groups in total. The molecule has 4 aromatic rings. The van der Waals surface area contributed by atoms with Crippen LogP contribution in [-0.2, 0) is 6.54 Å². The third kappa shape index (κ3) is 2.89. The topological polar surface area (TPSA) is 64.8 Å². The number of carbonyl (C=O) groups is 1. The van der Waals surface area contributed by atoms with Crippen LogP contribution in [0.25, 0.3) is 22.6 Å². The molecule has 1 aliphatic heterocycles. The van der Waals surface area contributed by atoms with Crippen LogP contribution in [0.5, 0.6) is 11.5 Å². The number of hydrogen-bond donors (Lipinski definition) is 0. The SMILES string of the molecule is COc1cc(OC)cc(-c2nc3cc(N4Cc5ccccc5C4=O)ccc3o2)c1. The van der Waals surface area contributed by atoms with E-state index >= 15 is 0 Å². The summed E-state index contributed by atoms with van der Waals surface area (Å²) in [7, 11) is 3.20. The first-order chi connectivity index (χ1) is 14.2. The Morgan fingerprint density at radius 2 is 1.72 bits per heavy atom. The van der Waals surface area contributed by atoms with Crippen molar-refractivity contribution in [3.63, 3.8) is 0 Å². The van der Waals surface area contributed by atoms with Gasteiger partial charge in [-0.3, -0.25) is 4.79 Å². The average molecular weight is 386 g/mol. The van der Waals surface area contributed by atoms with Crippen LogP contribution < -0.4 is 14.4 Å². The van der Waals surface area contributed by atoms with Gasteiger partial charge in [0.25, 0.3) is 5.91 Å². The van der Waals surface area contributed by atoms with Crippen LogP contribution in [0.2, 0.25) is 0 Å². The minimum atomic E-state index is 0.00111. The summed E-state index contributed by atoms with van der Waals surface area (Å²) in [5, 5.41) is 0. The first kappa shape index (κ1) is 17.3. The fraction of sp³-hybridized carbons (Fsp3) is 0.130. The van der Waals surface area contributed by atoms with Crippen molar-refractivity contribution in [1.82, 2.24) is 4.98 Å². The van der Waals surface area contributed by atoms with Gasteiger partial charge in [0.05, 0.1) is 20.8 Å². The van der Waals surface area contributed by atoms with E-state index in [1.165, 1.54) is 0 Å². The third-order valence-corrected chi connectivity index (χ3v) is 5.10. The van der Waals surface area contributed by atoms with Crippen LogP contribution in [0, 0.1) is 0 Å². The van der Waals surface area contributed by atoms with Gasteiger partial charge in [-0.25, -0.2) is 4.98 Å². The van der Waals surface area contributed by atoms with Gasteiger partial charge >= 0.3 is 0 Å². The van der Waals surface area contributed by atoms with E-state index in [2.05, 4.69) is 4.98 Å². The Hall–Kier alpha value is -3.80. The standard InChI is InChI=1S/C23H18N2O4/c1-27-17-9-15(10-18(12-17)28-2)22-24-20-11-16(7-8-21(20)29-22)25-13-14-5-3-4-6-19(14)23(25)26/h3-12H,13H2,1-2H3. The molecule has 1 aromatic heterocycles. The molecular weight excluding hydrogens is 368 g/mol. The molecular formula is C23H18N2O4. The van der Waals surface area contributed by atoms with E-state index in [-0.39, 0.29) is 5.91 Å². The first-order valence-corrected chi connectivity index (χ1v) is 9.20. The van der Waals surface area contributed by atoms with Crippen LogP contribution in [0.3, 0.4) is 0 Å². The van der Waals surface area contributed by atoms with Gasteiger partial charge in [-0.1, -0.05) is 18.2 Å². The number of rotatable bonds is 4. The highest BCUT2D eigenvalue weighted by atomic mass is 16.5. The maximum Gasteiger partial charge on any atom is 0.258 e. The summed E-state index contributed by atoms with van der Waals surface area (Å²) in [6.45, 7) is 0.554. The molecule has 0 atom stereocenters. The Kier molecular flexibility index (Phi) is 3.98. The van der Waals surface area contributed by atoms with Gasteiger partial charge in [-0.15, -0.1) is 0 Å². The molecule has 5 rings (SSSR count). The number of carbonyl (C=O) groups excluding carboxylic acids is 1. The molecule has 144 valence electrons. The summed E-state index contributed by atoms with van der Waals surface area (Å²) in [6.07, 6.45) is 0. The van der Waals surface area contributed by atoms with Crippen molar-refractivity contribution >= 4 is 22.7 Å². The van der Waals surface area contributed by atoms with Gasteiger partial charge < -0.3 is 18.8 Å². The zero-order chi connectivity index (χ0) is 20.0. The van der Waals surface area contributed by atoms with E-state index in [0.29, 0.717) is 35.0 Å². The molecule has 0 fully saturated rings. The van der Waals surface area contributed by atoms with E-state index < -0.39 is 0 Å². The number of ether oxygens (including phenoxy) is 2. The second kappa shape index (κ2) is 6.67. The molecule has 0 saturated heterocycles. The molecule has 0 spiro atoms. The van der Waals surface area contributed by atoms with Gasteiger partial charge in [-0.05, 0) is 42.0 Å². The maximum absolute atomic E-state index is 12.8. The highest BCUT2D eigenvalue weighted by Crippen LogP contribution is 2.34. The molecule has 0 unspecified atom stereocenters. The van der Waals surface area contributed by atoms with Gasteiger partial charge in [0, 0.05) is 22.9 Å². The average Bonchev–Trinajstić information content (AvgIpc) is 3.34. The monoisotopic (exact) mass is 386 g/mol. The van der Waals surface area contributed by atoms with Crippen LogP contribution >= 0.6 is 0 Å². The zero-order valence-corrected chi connectivity index (χ0v) is 16.0. The number of oxazole rings is 1. The van der Waals surface area contributed by atoms with Crippen molar-refractivity contribution in [3.8, 4) is 23.0 Å². The van der Waals surface area contributed by atoms with Crippen molar-refractivity contribution in [2.75, 3.05) is 19.1 Å². The van der Waals surface area contributed by atoms with Gasteiger partial charge in [-0.2, -0.15) is 0 Å². The lowest BCUT2D eigenvalue weighted by molar-refractivity contribution is 0.0996. The molecule has 3 aromatic carbocycles. The van der Waals surface area contributed by atoms with E-state index in [1.54, 1.807) is 25.2 Å². The zero-order valence-electron chi connectivity index (χ0n) is 16.0. The number of amides is 1. The highest BCUT2D eigenvalue weighted by molar-refractivity contribution is 6.10. The number of nitrogens with zero attached hydrogens (tertiary/aromatic N) is 2. The number of aromatic nitrogens is 1. The van der Waals surface area contributed by atoms with E-state index in [0.717, 1.165) is 22.4 Å². The molecule has 1 amide bonds. The molecule has 1 aliphatic rings. The van der Waals surface area contributed by atoms with Gasteiger partial charge in [0.15, 0.2) is 5.58 Å². The Balaban J connectivity index is 1.53. The fourth-order valence-corrected chi connectivity index (χ4v) is 3.60. The Morgan fingerprint density at radius 3 is 2.45 bits per heavy atom. The van der Waals surface area contributed by atoms with Crippen LogP contribution in [0.15, 0.2) is 65.1 Å². The summed E-state index contributed by atoms with van der Waals surface area (Å²) in [6, 6.07) is 18.8. The van der Waals surface area contributed by atoms with Crippen molar-refractivity contribution in [2.24, 2.45) is 0 Å². The molecule has 0 saturated carbocycles. The lowest BCUT2D eigenvalue weighted by Gasteiger charge is -2.15. The van der Waals surface area contributed by atoms with E-state index in [4.69, 9.17) is 13.9 Å². The Morgan fingerprint density at radius 1 is 0.966 bits per heavy atom.